The Hall–Kier alpha value is -3.39. The van der Waals surface area contributed by atoms with Gasteiger partial charge in [0, 0.05) is 12.5 Å². The topological polar surface area (TPSA) is 240 Å². The molecule has 0 saturated carbocycles. The van der Waals surface area contributed by atoms with Crippen LogP contribution in [-0.4, -0.2) is 281 Å². The molecule has 3 rings (SSSR count). The van der Waals surface area contributed by atoms with E-state index in [4.69, 9.17) is 109 Å². The van der Waals surface area contributed by atoms with Gasteiger partial charge < -0.3 is 109 Å². The second-order valence-corrected chi connectivity index (χ2v) is 18.5. The maximum absolute atomic E-state index is 8.62. The van der Waals surface area contributed by atoms with Gasteiger partial charge in [-0.05, 0) is 54.7 Å². The lowest BCUT2D eigenvalue weighted by atomic mass is 10.00. The van der Waals surface area contributed by atoms with E-state index in [1.54, 1.807) is 0 Å². The van der Waals surface area contributed by atoms with Gasteiger partial charge in [-0.1, -0.05) is 35.5 Å². The highest BCUT2D eigenvalue weighted by Gasteiger charge is 2.10. The molecule has 3 aromatic rings. The smallest absolute Gasteiger partial charge is 0.137 e. The lowest BCUT2D eigenvalue weighted by Crippen LogP contribution is -2.16. The Balaban J connectivity index is 0.885. The Morgan fingerprint density at radius 2 is 0.588 bits per heavy atom. The molecule has 1 aromatic heterocycles. The Morgan fingerprint density at radius 3 is 0.871 bits per heavy atom. The number of nitrogens with zero attached hydrogens (tertiary/aromatic N) is 1. The minimum Gasteiger partial charge on any atom is -0.493 e. The summed E-state index contributed by atoms with van der Waals surface area (Å²) in [6, 6.07) is 16.7. The number of benzene rings is 2. The average Bonchev–Trinajstić information content (AvgIpc) is 4.14. The lowest BCUT2D eigenvalue weighted by Gasteiger charge is -2.14. The van der Waals surface area contributed by atoms with Gasteiger partial charge >= 0.3 is 0 Å². The standard InChI is InChI=1S/C61H103NO23/c1-55-51-58(57-7-4-3-5-8-57)52-56(2)61(55)84-11-6-9-60-53-59(62-85-60)54-83-50-49-82-48-47-81-46-45-80-44-43-79-42-41-78-40-39-77-38-37-76-36-35-75-34-33-74-32-31-73-30-29-72-28-27-71-26-25-70-24-23-69-22-21-68-20-19-67-18-17-66-16-15-65-14-13-64-12-10-63/h3-5,7-8,51-53,63H,6,9-50,54H2,1-2H3. The Bertz CT molecular complexity index is 1830. The van der Waals surface area contributed by atoms with Crippen LogP contribution < -0.4 is 4.74 Å². The summed E-state index contributed by atoms with van der Waals surface area (Å²) >= 11 is 0. The Morgan fingerprint density at radius 1 is 0.318 bits per heavy atom. The van der Waals surface area contributed by atoms with Gasteiger partial charge in [-0.3, -0.25) is 0 Å². The molecule has 0 spiro atoms. The van der Waals surface area contributed by atoms with Crippen molar-refractivity contribution in [1.82, 2.24) is 5.16 Å². The van der Waals surface area contributed by atoms with Gasteiger partial charge in [-0.15, -0.1) is 0 Å². The van der Waals surface area contributed by atoms with Crippen molar-refractivity contribution in [1.29, 1.82) is 0 Å². The Kier molecular flexibility index (Phi) is 53.2. The SMILES string of the molecule is Cc1cc(-c2ccccc2)cc(C)c1OCCCc1cc(COCCOCCOCCOCCOCCOCCOCCOCCOCCOCCOCCOCCOCCOCCOCCOCCOCCOCCOCCOCCO)no1. The molecule has 0 aliphatic carbocycles. The van der Waals surface area contributed by atoms with E-state index in [0.29, 0.717) is 271 Å². The second-order valence-electron chi connectivity index (χ2n) is 18.5. The van der Waals surface area contributed by atoms with Crippen LogP contribution in [0.4, 0.5) is 0 Å². The normalized spacial score (nSPS) is 11.7. The van der Waals surface area contributed by atoms with Crippen molar-refractivity contribution in [3.05, 3.63) is 71.1 Å². The van der Waals surface area contributed by atoms with Gasteiger partial charge in [0.25, 0.3) is 0 Å². The van der Waals surface area contributed by atoms with E-state index in [-0.39, 0.29) is 6.61 Å². The van der Waals surface area contributed by atoms with E-state index in [0.717, 1.165) is 41.2 Å². The maximum Gasteiger partial charge on any atom is 0.137 e. The minimum absolute atomic E-state index is 0.0178. The van der Waals surface area contributed by atoms with Crippen LogP contribution >= 0.6 is 0 Å². The molecule has 2 aromatic carbocycles. The minimum atomic E-state index is 0.0178. The van der Waals surface area contributed by atoms with Crippen molar-refractivity contribution < 1.29 is 109 Å². The van der Waals surface area contributed by atoms with Crippen LogP contribution in [0.5, 0.6) is 5.75 Å². The molecule has 0 fully saturated rings. The fraction of sp³-hybridized carbons (Fsp3) is 0.754. The molecule has 85 heavy (non-hydrogen) atoms. The zero-order chi connectivity index (χ0) is 60.1. The van der Waals surface area contributed by atoms with E-state index < -0.39 is 0 Å². The molecule has 0 atom stereocenters. The summed E-state index contributed by atoms with van der Waals surface area (Å²) in [4.78, 5) is 0. The molecular weight excluding hydrogens is 1110 g/mol. The molecule has 0 bridgehead atoms. The first-order valence-electron chi connectivity index (χ1n) is 30.1. The number of aliphatic hydroxyl groups excluding tert-OH is 1. The summed E-state index contributed by atoms with van der Waals surface area (Å²) in [5.41, 5.74) is 5.41. The number of rotatable bonds is 67. The fourth-order valence-electron chi connectivity index (χ4n) is 7.36. The van der Waals surface area contributed by atoms with Gasteiger partial charge in [-0.2, -0.15) is 0 Å². The van der Waals surface area contributed by atoms with Crippen molar-refractivity contribution in [2.75, 3.05) is 271 Å². The predicted molar refractivity (Wildman–Crippen MR) is 314 cm³/mol. The van der Waals surface area contributed by atoms with Crippen LogP contribution in [0.15, 0.2) is 53.1 Å². The van der Waals surface area contributed by atoms with Gasteiger partial charge in [0.05, 0.1) is 277 Å². The van der Waals surface area contributed by atoms with Crippen molar-refractivity contribution in [2.45, 2.75) is 33.3 Å². The van der Waals surface area contributed by atoms with Crippen LogP contribution in [0.1, 0.15) is 29.0 Å². The van der Waals surface area contributed by atoms with Gasteiger partial charge in [0.2, 0.25) is 0 Å². The number of ether oxygens (including phenoxy) is 21. The van der Waals surface area contributed by atoms with E-state index >= 15 is 0 Å². The number of aryl methyl sites for hydroxylation is 3. The monoisotopic (exact) mass is 1220 g/mol. The maximum atomic E-state index is 8.62. The molecule has 24 nitrogen and oxygen atoms in total. The van der Waals surface area contributed by atoms with Crippen molar-refractivity contribution in [3.63, 3.8) is 0 Å². The number of hydrogen-bond acceptors (Lipinski definition) is 24. The van der Waals surface area contributed by atoms with Gasteiger partial charge in [0.15, 0.2) is 0 Å². The lowest BCUT2D eigenvalue weighted by molar-refractivity contribution is -0.0315. The predicted octanol–water partition coefficient (Wildman–Crippen LogP) is 4.79. The number of aromatic nitrogens is 1. The summed E-state index contributed by atoms with van der Waals surface area (Å²) in [7, 11) is 0. The van der Waals surface area contributed by atoms with Crippen LogP contribution in [0.25, 0.3) is 11.1 Å². The summed E-state index contributed by atoms with van der Waals surface area (Å²) in [6.45, 7) is 23.9. The molecule has 1 heterocycles. The van der Waals surface area contributed by atoms with Crippen LogP contribution in [0.3, 0.4) is 0 Å². The van der Waals surface area contributed by atoms with Crippen molar-refractivity contribution in [3.8, 4) is 16.9 Å². The highest BCUT2D eigenvalue weighted by molar-refractivity contribution is 5.67. The number of aliphatic hydroxyl groups is 1. The van der Waals surface area contributed by atoms with Crippen LogP contribution in [-0.2, 0) is 108 Å². The highest BCUT2D eigenvalue weighted by Crippen LogP contribution is 2.30. The third-order valence-electron chi connectivity index (χ3n) is 11.5. The van der Waals surface area contributed by atoms with Crippen molar-refractivity contribution >= 4 is 0 Å². The first kappa shape index (κ1) is 75.9. The third kappa shape index (κ3) is 47.3. The summed E-state index contributed by atoms with van der Waals surface area (Å²) in [5.74, 6) is 1.76. The molecule has 490 valence electrons. The summed E-state index contributed by atoms with van der Waals surface area (Å²) in [5, 5.41) is 12.7. The molecule has 0 amide bonds. The van der Waals surface area contributed by atoms with Gasteiger partial charge in [-0.25, -0.2) is 0 Å². The Labute approximate surface area is 504 Å². The fourth-order valence-corrected chi connectivity index (χ4v) is 7.36. The summed E-state index contributed by atoms with van der Waals surface area (Å²) < 4.78 is 122. The van der Waals surface area contributed by atoms with E-state index in [2.05, 4.69) is 55.4 Å². The van der Waals surface area contributed by atoms with Crippen molar-refractivity contribution in [2.24, 2.45) is 0 Å². The quantitative estimate of drug-likeness (QED) is 0.0747. The average molecular weight is 1220 g/mol. The molecule has 0 aliphatic heterocycles. The first-order chi connectivity index (χ1) is 42.2. The first-order valence-corrected chi connectivity index (χ1v) is 30.1. The largest absolute Gasteiger partial charge is 0.493 e. The van der Waals surface area contributed by atoms with E-state index in [1.807, 2.05) is 12.1 Å². The second kappa shape index (κ2) is 59.6. The molecule has 0 saturated heterocycles. The highest BCUT2D eigenvalue weighted by atomic mass is 16.6. The molecular formula is C61H103NO23. The van der Waals surface area contributed by atoms with E-state index in [1.165, 1.54) is 11.1 Å². The molecule has 0 aliphatic rings. The molecule has 1 N–H and O–H groups in total. The zero-order valence-electron chi connectivity index (χ0n) is 51.1. The van der Waals surface area contributed by atoms with Crippen LogP contribution in [0.2, 0.25) is 0 Å². The third-order valence-corrected chi connectivity index (χ3v) is 11.5. The van der Waals surface area contributed by atoms with Gasteiger partial charge in [0.1, 0.15) is 17.2 Å². The number of hydrogen-bond donors (Lipinski definition) is 1. The molecule has 0 radical (unpaired) electrons. The molecule has 0 unspecified atom stereocenters. The molecule has 24 heteroatoms. The van der Waals surface area contributed by atoms with E-state index in [9.17, 15) is 0 Å². The zero-order valence-corrected chi connectivity index (χ0v) is 51.1. The van der Waals surface area contributed by atoms with Crippen LogP contribution in [0, 0.1) is 13.8 Å². The summed E-state index contributed by atoms with van der Waals surface area (Å²) in [6.07, 6.45) is 1.55.